The van der Waals surface area contributed by atoms with Crippen LogP contribution < -0.4 is 5.73 Å². The van der Waals surface area contributed by atoms with Gasteiger partial charge in [-0.15, -0.1) is 0 Å². The highest BCUT2D eigenvalue weighted by molar-refractivity contribution is 6.28. The summed E-state index contributed by atoms with van der Waals surface area (Å²) in [5, 5.41) is 29.9. The van der Waals surface area contributed by atoms with Gasteiger partial charge in [-0.3, -0.25) is 0 Å². The normalized spacial score (nSPS) is 32.9. The summed E-state index contributed by atoms with van der Waals surface area (Å²) in [4.78, 5) is 12.1. The van der Waals surface area contributed by atoms with Crippen molar-refractivity contribution in [2.45, 2.75) is 31.6 Å². The summed E-state index contributed by atoms with van der Waals surface area (Å²) in [5.74, 6) is 0.154. The lowest BCUT2D eigenvalue weighted by Gasteiger charge is -2.25. The largest absolute Gasteiger partial charge is 0.396 e. The third-order valence-corrected chi connectivity index (χ3v) is 4.42. The molecule has 3 rings (SSSR count). The zero-order chi connectivity index (χ0) is 15.4. The number of hydrogen-bond donors (Lipinski definition) is 4. The van der Waals surface area contributed by atoms with Crippen LogP contribution in [0.1, 0.15) is 19.4 Å². The van der Waals surface area contributed by atoms with Crippen LogP contribution in [0.5, 0.6) is 0 Å². The molecule has 1 fully saturated rings. The van der Waals surface area contributed by atoms with Gasteiger partial charge in [-0.2, -0.15) is 9.97 Å². The molecular formula is C12H16ClN5O3. The van der Waals surface area contributed by atoms with Crippen LogP contribution >= 0.6 is 11.6 Å². The average molecular weight is 314 g/mol. The quantitative estimate of drug-likeness (QED) is 0.561. The molecule has 0 saturated heterocycles. The molecule has 2 aromatic heterocycles. The molecule has 2 heterocycles. The second-order valence-electron chi connectivity index (χ2n) is 5.72. The fraction of sp³-hybridized carbons (Fsp3) is 0.583. The monoisotopic (exact) mass is 313 g/mol. The molecular weight excluding hydrogens is 298 g/mol. The first-order valence-corrected chi connectivity index (χ1v) is 6.88. The summed E-state index contributed by atoms with van der Waals surface area (Å²) in [6.45, 7) is 1.49. The molecule has 8 nitrogen and oxygen atoms in total. The van der Waals surface area contributed by atoms with Crippen molar-refractivity contribution >= 4 is 28.6 Å². The molecule has 0 aromatic carbocycles. The van der Waals surface area contributed by atoms with E-state index >= 15 is 0 Å². The van der Waals surface area contributed by atoms with Crippen LogP contribution in [0.4, 0.5) is 5.82 Å². The Morgan fingerprint density at radius 2 is 2.19 bits per heavy atom. The van der Waals surface area contributed by atoms with Crippen molar-refractivity contribution in [2.75, 3.05) is 12.3 Å². The van der Waals surface area contributed by atoms with E-state index in [4.69, 9.17) is 17.3 Å². The lowest BCUT2D eigenvalue weighted by Crippen LogP contribution is -2.36. The van der Waals surface area contributed by atoms with Crippen LogP contribution in [-0.2, 0) is 0 Å². The van der Waals surface area contributed by atoms with Crippen molar-refractivity contribution in [3.05, 3.63) is 11.6 Å². The predicted molar refractivity (Wildman–Crippen MR) is 75.6 cm³/mol. The van der Waals surface area contributed by atoms with Crippen molar-refractivity contribution in [2.24, 2.45) is 5.41 Å². The fourth-order valence-corrected chi connectivity index (χ4v) is 3.09. The summed E-state index contributed by atoms with van der Waals surface area (Å²) in [6, 6.07) is -0.479. The second kappa shape index (κ2) is 4.77. The predicted octanol–water partition coefficient (Wildman–Crippen LogP) is -0.273. The van der Waals surface area contributed by atoms with Crippen LogP contribution in [0.15, 0.2) is 6.33 Å². The Morgan fingerprint density at radius 1 is 1.48 bits per heavy atom. The Hall–Kier alpha value is -1.48. The maximum atomic E-state index is 10.3. The number of anilines is 1. The summed E-state index contributed by atoms with van der Waals surface area (Å²) >= 11 is 5.81. The van der Waals surface area contributed by atoms with Crippen LogP contribution in [0.2, 0.25) is 5.28 Å². The fourth-order valence-electron chi connectivity index (χ4n) is 2.92. The number of fused-ring (bicyclic) bond motifs is 1. The number of nitrogens with two attached hydrogens (primary N) is 1. The highest BCUT2D eigenvalue weighted by atomic mass is 35.5. The zero-order valence-corrected chi connectivity index (χ0v) is 12.1. The smallest absolute Gasteiger partial charge is 0.226 e. The molecule has 1 saturated carbocycles. The first kappa shape index (κ1) is 14.5. The molecule has 0 spiro atoms. The van der Waals surface area contributed by atoms with Crippen molar-refractivity contribution in [1.29, 1.82) is 0 Å². The summed E-state index contributed by atoms with van der Waals surface area (Å²) in [5.41, 5.74) is 5.74. The minimum atomic E-state index is -1.05. The van der Waals surface area contributed by atoms with E-state index in [2.05, 4.69) is 15.0 Å². The number of halogens is 1. The molecule has 114 valence electrons. The molecule has 0 bridgehead atoms. The van der Waals surface area contributed by atoms with Gasteiger partial charge >= 0.3 is 0 Å². The lowest BCUT2D eigenvalue weighted by molar-refractivity contribution is -0.0403. The van der Waals surface area contributed by atoms with Crippen molar-refractivity contribution < 1.29 is 15.3 Å². The number of hydrogen-bond acceptors (Lipinski definition) is 7. The molecule has 0 radical (unpaired) electrons. The van der Waals surface area contributed by atoms with E-state index in [9.17, 15) is 15.3 Å². The third kappa shape index (κ3) is 2.06. The number of nitrogen functional groups attached to an aromatic ring is 1. The van der Waals surface area contributed by atoms with E-state index in [1.54, 1.807) is 11.5 Å². The van der Waals surface area contributed by atoms with Gasteiger partial charge in [-0.25, -0.2) is 4.98 Å². The van der Waals surface area contributed by atoms with E-state index in [1.165, 1.54) is 6.33 Å². The molecule has 0 amide bonds. The van der Waals surface area contributed by atoms with Crippen molar-refractivity contribution in [3.8, 4) is 0 Å². The Kier molecular flexibility index (Phi) is 3.28. The Bertz CT molecular complexity index is 693. The van der Waals surface area contributed by atoms with E-state index < -0.39 is 23.7 Å². The minimum absolute atomic E-state index is 0.0142. The summed E-state index contributed by atoms with van der Waals surface area (Å²) in [7, 11) is 0. The molecule has 3 unspecified atom stereocenters. The standard InChI is InChI=1S/C12H16ClN5O3/c1-12(3-19)2-5(7(20)8(12)21)18-4-15-6-9(14)16-11(13)17-10(6)18/h4-5,7-8,19-21H,2-3H2,1H3,(H2,14,16,17)/t5?,7?,8?,12-/m1/s1. The van der Waals surface area contributed by atoms with E-state index in [0.29, 0.717) is 17.6 Å². The molecule has 5 N–H and O–H groups in total. The lowest BCUT2D eigenvalue weighted by atomic mass is 9.87. The number of aromatic nitrogens is 4. The van der Waals surface area contributed by atoms with E-state index in [1.807, 2.05) is 0 Å². The van der Waals surface area contributed by atoms with Gasteiger partial charge in [0.05, 0.1) is 25.1 Å². The highest BCUT2D eigenvalue weighted by Crippen LogP contribution is 2.44. The first-order chi connectivity index (χ1) is 9.87. The number of imidazole rings is 1. The van der Waals surface area contributed by atoms with Crippen molar-refractivity contribution in [3.63, 3.8) is 0 Å². The SMILES string of the molecule is C[C@]1(CO)CC(n2cnc3c(N)nc(Cl)nc32)C(O)C1O. The Balaban J connectivity index is 2.10. The van der Waals surface area contributed by atoms with Gasteiger partial charge in [0.25, 0.3) is 0 Å². The summed E-state index contributed by atoms with van der Waals surface area (Å²) in [6.07, 6.45) is -0.233. The number of rotatable bonds is 2. The number of aliphatic hydroxyl groups is 3. The molecule has 9 heteroatoms. The van der Waals surface area contributed by atoms with Gasteiger partial charge in [-0.1, -0.05) is 6.92 Å². The van der Waals surface area contributed by atoms with Crippen molar-refractivity contribution in [1.82, 2.24) is 19.5 Å². The van der Waals surface area contributed by atoms with Gasteiger partial charge in [0.15, 0.2) is 11.5 Å². The topological polar surface area (TPSA) is 130 Å². The Labute approximate surface area is 125 Å². The van der Waals surface area contributed by atoms with E-state index in [-0.39, 0.29) is 17.7 Å². The molecule has 21 heavy (non-hydrogen) atoms. The molecule has 0 aliphatic heterocycles. The van der Waals surface area contributed by atoms with Gasteiger partial charge in [0, 0.05) is 5.41 Å². The van der Waals surface area contributed by atoms with Crippen LogP contribution in [0.25, 0.3) is 11.2 Å². The van der Waals surface area contributed by atoms with E-state index in [0.717, 1.165) is 0 Å². The third-order valence-electron chi connectivity index (χ3n) is 4.25. The first-order valence-electron chi connectivity index (χ1n) is 6.50. The molecule has 1 aliphatic rings. The van der Waals surface area contributed by atoms with Crippen LogP contribution in [0, 0.1) is 5.41 Å². The van der Waals surface area contributed by atoms with Gasteiger partial charge in [-0.05, 0) is 18.0 Å². The molecule has 4 atom stereocenters. The Morgan fingerprint density at radius 3 is 2.81 bits per heavy atom. The second-order valence-corrected chi connectivity index (χ2v) is 6.06. The van der Waals surface area contributed by atoms with Crippen LogP contribution in [0.3, 0.4) is 0 Å². The van der Waals surface area contributed by atoms with Gasteiger partial charge in [0.1, 0.15) is 11.6 Å². The highest BCUT2D eigenvalue weighted by Gasteiger charge is 2.50. The maximum absolute atomic E-state index is 10.3. The molecule has 1 aliphatic carbocycles. The minimum Gasteiger partial charge on any atom is -0.396 e. The zero-order valence-electron chi connectivity index (χ0n) is 11.3. The number of aliphatic hydroxyl groups excluding tert-OH is 3. The average Bonchev–Trinajstić information content (AvgIpc) is 2.95. The van der Waals surface area contributed by atoms with Crippen LogP contribution in [-0.4, -0.2) is 53.7 Å². The number of nitrogens with zero attached hydrogens (tertiary/aromatic N) is 4. The summed E-state index contributed by atoms with van der Waals surface area (Å²) < 4.78 is 1.62. The maximum Gasteiger partial charge on any atom is 0.226 e. The van der Waals surface area contributed by atoms with Gasteiger partial charge < -0.3 is 25.6 Å². The van der Waals surface area contributed by atoms with Gasteiger partial charge in [0.2, 0.25) is 5.28 Å². The molecule has 2 aromatic rings.